The molecule has 6 heteroatoms. The van der Waals surface area contributed by atoms with E-state index in [1.165, 1.54) is 16.8 Å². The molecule has 1 heterocycles. The molecule has 1 aliphatic rings. The van der Waals surface area contributed by atoms with Gasteiger partial charge in [-0.05, 0) is 42.7 Å². The molecule has 0 aromatic heterocycles. The van der Waals surface area contributed by atoms with Crippen LogP contribution in [0.5, 0.6) is 0 Å². The van der Waals surface area contributed by atoms with E-state index >= 15 is 0 Å². The number of amides is 2. The number of carbonyl (C=O) groups is 2. The van der Waals surface area contributed by atoms with Crippen molar-refractivity contribution in [1.29, 1.82) is 0 Å². The SMILES string of the molecule is Cc1cccc(N2CCN(C(=O)C(=O)NCc3ccccc3Cl)CC2)c1C. The monoisotopic (exact) mass is 385 g/mol. The van der Waals surface area contributed by atoms with Crippen LogP contribution in [0.1, 0.15) is 16.7 Å². The molecule has 0 aliphatic carbocycles. The van der Waals surface area contributed by atoms with Crippen molar-refractivity contribution in [2.75, 3.05) is 31.1 Å². The third-order valence-electron chi connectivity index (χ3n) is 5.08. The number of aryl methyl sites for hydroxylation is 1. The fourth-order valence-electron chi connectivity index (χ4n) is 3.27. The maximum Gasteiger partial charge on any atom is 0.312 e. The Morgan fingerprint density at radius 1 is 1.00 bits per heavy atom. The second kappa shape index (κ2) is 8.44. The Bertz CT molecular complexity index is 845. The number of carbonyl (C=O) groups excluding carboxylic acids is 2. The van der Waals surface area contributed by atoms with Crippen LogP contribution in [-0.4, -0.2) is 42.9 Å². The van der Waals surface area contributed by atoms with Gasteiger partial charge in [0.25, 0.3) is 0 Å². The number of piperazine rings is 1. The Hall–Kier alpha value is -2.53. The minimum atomic E-state index is -0.588. The van der Waals surface area contributed by atoms with E-state index in [2.05, 4.69) is 42.3 Å². The maximum atomic E-state index is 12.4. The number of benzene rings is 2. The Balaban J connectivity index is 1.54. The molecule has 5 nitrogen and oxygen atoms in total. The Morgan fingerprint density at radius 2 is 1.70 bits per heavy atom. The zero-order valence-electron chi connectivity index (χ0n) is 15.7. The normalized spacial score (nSPS) is 14.2. The second-order valence-corrected chi connectivity index (χ2v) is 7.18. The summed E-state index contributed by atoms with van der Waals surface area (Å²) in [4.78, 5) is 28.5. The summed E-state index contributed by atoms with van der Waals surface area (Å²) in [6.45, 7) is 6.96. The molecule has 0 saturated carbocycles. The van der Waals surface area contributed by atoms with Gasteiger partial charge in [-0.2, -0.15) is 0 Å². The predicted octanol–water partition coefficient (Wildman–Crippen LogP) is 2.92. The summed E-state index contributed by atoms with van der Waals surface area (Å²) in [7, 11) is 0. The van der Waals surface area contributed by atoms with Crippen LogP contribution in [0.15, 0.2) is 42.5 Å². The van der Waals surface area contributed by atoms with Gasteiger partial charge < -0.3 is 15.1 Å². The number of nitrogens with zero attached hydrogens (tertiary/aromatic N) is 2. The number of hydrogen-bond donors (Lipinski definition) is 1. The van der Waals surface area contributed by atoms with Crippen LogP contribution in [0.2, 0.25) is 5.02 Å². The van der Waals surface area contributed by atoms with Crippen LogP contribution in [0.4, 0.5) is 5.69 Å². The second-order valence-electron chi connectivity index (χ2n) is 6.77. The fraction of sp³-hybridized carbons (Fsp3) is 0.333. The smallest absolute Gasteiger partial charge is 0.312 e. The Labute approximate surface area is 164 Å². The van der Waals surface area contributed by atoms with Crippen molar-refractivity contribution < 1.29 is 9.59 Å². The summed E-state index contributed by atoms with van der Waals surface area (Å²) in [5.74, 6) is -1.07. The van der Waals surface area contributed by atoms with Crippen molar-refractivity contribution >= 4 is 29.1 Å². The van der Waals surface area contributed by atoms with E-state index in [1.54, 1.807) is 11.0 Å². The number of nitrogens with one attached hydrogen (secondary N) is 1. The largest absolute Gasteiger partial charge is 0.368 e. The lowest BCUT2D eigenvalue weighted by molar-refractivity contribution is -0.146. The summed E-state index contributed by atoms with van der Waals surface area (Å²) in [5, 5.41) is 3.24. The van der Waals surface area contributed by atoms with Crippen LogP contribution in [0, 0.1) is 13.8 Å². The molecule has 1 saturated heterocycles. The van der Waals surface area contributed by atoms with Gasteiger partial charge in [-0.3, -0.25) is 9.59 Å². The van der Waals surface area contributed by atoms with Gasteiger partial charge in [-0.1, -0.05) is 41.9 Å². The summed E-state index contributed by atoms with van der Waals surface area (Å²) in [6, 6.07) is 13.5. The molecule has 0 spiro atoms. The third kappa shape index (κ3) is 4.42. The van der Waals surface area contributed by atoms with E-state index in [4.69, 9.17) is 11.6 Å². The van der Waals surface area contributed by atoms with Crippen molar-refractivity contribution in [2.24, 2.45) is 0 Å². The molecular formula is C21H24ClN3O2. The summed E-state index contributed by atoms with van der Waals surface area (Å²) >= 11 is 6.08. The standard InChI is InChI=1S/C21H24ClN3O2/c1-15-6-5-9-19(16(15)2)24-10-12-25(13-11-24)21(27)20(26)23-14-17-7-3-4-8-18(17)22/h3-9H,10-14H2,1-2H3,(H,23,26). The van der Waals surface area contributed by atoms with Gasteiger partial charge >= 0.3 is 11.8 Å². The van der Waals surface area contributed by atoms with E-state index in [0.717, 1.165) is 5.56 Å². The molecule has 0 bridgehead atoms. The highest BCUT2D eigenvalue weighted by molar-refractivity contribution is 6.35. The fourth-order valence-corrected chi connectivity index (χ4v) is 3.47. The van der Waals surface area contributed by atoms with Gasteiger partial charge in [0.05, 0.1) is 0 Å². The lowest BCUT2D eigenvalue weighted by atomic mass is 10.1. The van der Waals surface area contributed by atoms with Crippen LogP contribution >= 0.6 is 11.6 Å². The zero-order valence-corrected chi connectivity index (χ0v) is 16.4. The van der Waals surface area contributed by atoms with Crippen molar-refractivity contribution in [1.82, 2.24) is 10.2 Å². The first-order valence-electron chi connectivity index (χ1n) is 9.09. The maximum absolute atomic E-state index is 12.4. The topological polar surface area (TPSA) is 52.7 Å². The number of rotatable bonds is 3. The van der Waals surface area contributed by atoms with E-state index in [9.17, 15) is 9.59 Å². The highest BCUT2D eigenvalue weighted by Crippen LogP contribution is 2.23. The number of hydrogen-bond acceptors (Lipinski definition) is 3. The molecule has 0 atom stereocenters. The Morgan fingerprint density at radius 3 is 2.41 bits per heavy atom. The van der Waals surface area contributed by atoms with Crippen LogP contribution < -0.4 is 10.2 Å². The van der Waals surface area contributed by atoms with E-state index in [0.29, 0.717) is 31.2 Å². The molecular weight excluding hydrogens is 362 g/mol. The predicted molar refractivity (Wildman–Crippen MR) is 108 cm³/mol. The lowest BCUT2D eigenvalue weighted by Gasteiger charge is -2.36. The minimum Gasteiger partial charge on any atom is -0.368 e. The zero-order chi connectivity index (χ0) is 19.4. The number of anilines is 1. The first-order chi connectivity index (χ1) is 13.0. The average Bonchev–Trinajstić information content (AvgIpc) is 2.69. The summed E-state index contributed by atoms with van der Waals surface area (Å²) < 4.78 is 0. The third-order valence-corrected chi connectivity index (χ3v) is 5.44. The molecule has 2 aromatic rings. The first-order valence-corrected chi connectivity index (χ1v) is 9.47. The molecule has 1 fully saturated rings. The molecule has 3 rings (SSSR count). The number of halogens is 1. The highest BCUT2D eigenvalue weighted by Gasteiger charge is 2.26. The van der Waals surface area contributed by atoms with Crippen molar-refractivity contribution in [3.05, 3.63) is 64.2 Å². The van der Waals surface area contributed by atoms with E-state index in [1.807, 2.05) is 18.2 Å². The van der Waals surface area contributed by atoms with E-state index < -0.39 is 11.8 Å². The van der Waals surface area contributed by atoms with Gasteiger partial charge in [0.2, 0.25) is 0 Å². The molecule has 1 aliphatic heterocycles. The average molecular weight is 386 g/mol. The molecule has 1 N–H and O–H groups in total. The van der Waals surface area contributed by atoms with Gasteiger partial charge in [-0.15, -0.1) is 0 Å². The van der Waals surface area contributed by atoms with Gasteiger partial charge in [-0.25, -0.2) is 0 Å². The molecule has 0 radical (unpaired) electrons. The molecule has 2 aromatic carbocycles. The molecule has 2 amide bonds. The Kier molecular flexibility index (Phi) is 6.01. The molecule has 142 valence electrons. The van der Waals surface area contributed by atoms with Crippen LogP contribution in [-0.2, 0) is 16.1 Å². The lowest BCUT2D eigenvalue weighted by Crippen LogP contribution is -2.52. The highest BCUT2D eigenvalue weighted by atomic mass is 35.5. The minimum absolute atomic E-state index is 0.243. The molecule has 0 unspecified atom stereocenters. The van der Waals surface area contributed by atoms with Crippen LogP contribution in [0.25, 0.3) is 0 Å². The van der Waals surface area contributed by atoms with Gasteiger partial charge in [0.15, 0.2) is 0 Å². The van der Waals surface area contributed by atoms with Gasteiger partial charge in [0, 0.05) is 43.4 Å². The van der Waals surface area contributed by atoms with E-state index in [-0.39, 0.29) is 6.54 Å². The van der Waals surface area contributed by atoms with Crippen molar-refractivity contribution in [3.63, 3.8) is 0 Å². The van der Waals surface area contributed by atoms with Gasteiger partial charge in [0.1, 0.15) is 0 Å². The summed E-state index contributed by atoms with van der Waals surface area (Å²) in [5.41, 5.74) is 4.50. The molecule has 27 heavy (non-hydrogen) atoms. The van der Waals surface area contributed by atoms with Crippen LogP contribution in [0.3, 0.4) is 0 Å². The first kappa shape index (κ1) is 19.2. The quantitative estimate of drug-likeness (QED) is 0.826. The van der Waals surface area contributed by atoms with Crippen molar-refractivity contribution in [3.8, 4) is 0 Å². The van der Waals surface area contributed by atoms with Crippen molar-refractivity contribution in [2.45, 2.75) is 20.4 Å². The summed E-state index contributed by atoms with van der Waals surface area (Å²) in [6.07, 6.45) is 0.